The van der Waals surface area contributed by atoms with Crippen molar-refractivity contribution in [2.24, 2.45) is 11.5 Å². The Hall–Kier alpha value is -1.02. The molecule has 2 aromatic carbocycles. The normalized spacial score (nSPS) is 12.4. The Labute approximate surface area is 212 Å². The van der Waals surface area contributed by atoms with E-state index in [0.717, 1.165) is 53.5 Å². The Kier molecular flexibility index (Phi) is 10.3. The van der Waals surface area contributed by atoms with E-state index in [1.54, 1.807) is 0 Å². The molecule has 0 radical (unpaired) electrons. The van der Waals surface area contributed by atoms with Gasteiger partial charge in [0.05, 0.1) is 0 Å². The Morgan fingerprint density at radius 1 is 0.636 bits per heavy atom. The van der Waals surface area contributed by atoms with Gasteiger partial charge < -0.3 is 22.1 Å². The summed E-state index contributed by atoms with van der Waals surface area (Å²) in [7, 11) is 0. The third-order valence-corrected chi connectivity index (χ3v) is 7.19. The molecule has 184 valence electrons. The van der Waals surface area contributed by atoms with Gasteiger partial charge in [-0.2, -0.15) is 0 Å². The number of benzene rings is 2. The second kappa shape index (κ2) is 12.1. The Balaban J connectivity index is 1.88. The van der Waals surface area contributed by atoms with E-state index < -0.39 is 0 Å². The molecule has 0 spiro atoms. The van der Waals surface area contributed by atoms with Crippen molar-refractivity contribution in [3.8, 4) is 0 Å². The highest BCUT2D eigenvalue weighted by molar-refractivity contribution is 7.80. The molecule has 0 aliphatic rings. The number of hydrogen-bond acceptors (Lipinski definition) is 6. The quantitative estimate of drug-likeness (QED) is 0.209. The van der Waals surface area contributed by atoms with Gasteiger partial charge in [0, 0.05) is 36.0 Å². The molecule has 6 heteroatoms. The minimum Gasteiger partial charge on any atom is -0.326 e. The molecule has 33 heavy (non-hydrogen) atoms. The summed E-state index contributed by atoms with van der Waals surface area (Å²) < 4.78 is 0. The maximum absolute atomic E-state index is 5.96. The summed E-state index contributed by atoms with van der Waals surface area (Å²) in [5.41, 5.74) is 19.4. The molecule has 0 atom stereocenters. The standard InChI is InChI=1S/C27H44N4S2/c1-26(2,3)22-10-18(14-28)24(32)20(12-22)16-30-8-7-9-31-17-21-13-23(27(4,5)6)11-19(15-29)25(21)33/h10-13,30-33H,7-9,14-17,28-29H2,1-6H3. The molecule has 0 unspecified atom stereocenters. The first-order valence-electron chi connectivity index (χ1n) is 11.9. The summed E-state index contributed by atoms with van der Waals surface area (Å²) in [6.45, 7) is 17.9. The second-order valence-electron chi connectivity index (χ2n) is 10.9. The van der Waals surface area contributed by atoms with E-state index in [2.05, 4.69) is 76.4 Å². The van der Waals surface area contributed by atoms with E-state index in [4.69, 9.17) is 36.7 Å². The summed E-state index contributed by atoms with van der Waals surface area (Å²) in [5.74, 6) is 0. The van der Waals surface area contributed by atoms with Crippen LogP contribution in [0.1, 0.15) is 81.3 Å². The predicted molar refractivity (Wildman–Crippen MR) is 149 cm³/mol. The van der Waals surface area contributed by atoms with Gasteiger partial charge in [-0.3, -0.25) is 0 Å². The van der Waals surface area contributed by atoms with Crippen LogP contribution in [0.2, 0.25) is 0 Å². The van der Waals surface area contributed by atoms with E-state index in [0.29, 0.717) is 13.1 Å². The van der Waals surface area contributed by atoms with Crippen LogP contribution in [-0.2, 0) is 37.0 Å². The molecule has 2 aromatic rings. The molecule has 0 aliphatic carbocycles. The lowest BCUT2D eigenvalue weighted by molar-refractivity contribution is 0.574. The number of thiol groups is 2. The summed E-state index contributed by atoms with van der Waals surface area (Å²) in [4.78, 5) is 2.01. The van der Waals surface area contributed by atoms with Crippen molar-refractivity contribution in [2.75, 3.05) is 13.1 Å². The van der Waals surface area contributed by atoms with Gasteiger partial charge in [0.15, 0.2) is 0 Å². The summed E-state index contributed by atoms with van der Waals surface area (Å²) in [6.07, 6.45) is 1.04. The van der Waals surface area contributed by atoms with Crippen LogP contribution in [-0.4, -0.2) is 13.1 Å². The lowest BCUT2D eigenvalue weighted by Crippen LogP contribution is -2.23. The SMILES string of the molecule is CC(C)(C)c1cc(CN)c(S)c(CNCCCNCc2cc(C(C)(C)C)cc(CN)c2S)c1. The largest absolute Gasteiger partial charge is 0.326 e. The molecule has 2 rings (SSSR count). The Morgan fingerprint density at radius 2 is 0.970 bits per heavy atom. The first kappa shape index (κ1) is 28.2. The van der Waals surface area contributed by atoms with Crippen LogP contribution in [0.3, 0.4) is 0 Å². The minimum atomic E-state index is 0.0873. The molecule has 0 fully saturated rings. The van der Waals surface area contributed by atoms with Crippen molar-refractivity contribution in [3.63, 3.8) is 0 Å². The predicted octanol–water partition coefficient (Wildman–Crippen LogP) is 5.05. The third-order valence-electron chi connectivity index (χ3n) is 6.05. The highest BCUT2D eigenvalue weighted by atomic mass is 32.1. The van der Waals surface area contributed by atoms with Crippen LogP contribution in [0.5, 0.6) is 0 Å². The molecule has 4 nitrogen and oxygen atoms in total. The van der Waals surface area contributed by atoms with Gasteiger partial charge in [0.25, 0.3) is 0 Å². The van der Waals surface area contributed by atoms with Crippen LogP contribution >= 0.6 is 25.3 Å². The molecular formula is C27H44N4S2. The zero-order chi connectivity index (χ0) is 24.8. The molecule has 0 heterocycles. The fourth-order valence-corrected chi connectivity index (χ4v) is 4.35. The number of nitrogens with one attached hydrogen (secondary N) is 2. The third kappa shape index (κ3) is 8.01. The van der Waals surface area contributed by atoms with Crippen molar-refractivity contribution >= 4 is 25.3 Å². The Morgan fingerprint density at radius 3 is 1.27 bits per heavy atom. The summed E-state index contributed by atoms with van der Waals surface area (Å²) in [6, 6.07) is 8.91. The van der Waals surface area contributed by atoms with Gasteiger partial charge in [0.1, 0.15) is 0 Å². The van der Waals surface area contributed by atoms with Crippen LogP contribution in [0.25, 0.3) is 0 Å². The number of hydrogen-bond donors (Lipinski definition) is 6. The fraction of sp³-hybridized carbons (Fsp3) is 0.556. The first-order valence-corrected chi connectivity index (χ1v) is 12.8. The van der Waals surface area contributed by atoms with E-state index in [1.807, 2.05) is 0 Å². The van der Waals surface area contributed by atoms with E-state index in [1.165, 1.54) is 22.3 Å². The molecule has 0 aliphatic heterocycles. The zero-order valence-electron chi connectivity index (χ0n) is 21.3. The molecule has 6 N–H and O–H groups in total. The molecule has 0 amide bonds. The van der Waals surface area contributed by atoms with Crippen molar-refractivity contribution in [3.05, 3.63) is 57.6 Å². The maximum atomic E-state index is 5.96. The number of rotatable bonds is 10. The highest BCUT2D eigenvalue weighted by Gasteiger charge is 2.18. The van der Waals surface area contributed by atoms with Gasteiger partial charge in [-0.15, -0.1) is 25.3 Å². The molecule has 0 aromatic heterocycles. The maximum Gasteiger partial charge on any atom is 0.0216 e. The summed E-state index contributed by atoms with van der Waals surface area (Å²) >= 11 is 9.48. The second-order valence-corrected chi connectivity index (χ2v) is 11.8. The zero-order valence-corrected chi connectivity index (χ0v) is 23.1. The highest BCUT2D eigenvalue weighted by Crippen LogP contribution is 2.30. The van der Waals surface area contributed by atoms with Crippen LogP contribution in [0.4, 0.5) is 0 Å². The lowest BCUT2D eigenvalue weighted by Gasteiger charge is -2.23. The average Bonchev–Trinajstić information content (AvgIpc) is 2.73. The lowest BCUT2D eigenvalue weighted by atomic mass is 9.85. The molecule has 0 saturated heterocycles. The minimum absolute atomic E-state index is 0.0873. The van der Waals surface area contributed by atoms with Crippen molar-refractivity contribution < 1.29 is 0 Å². The van der Waals surface area contributed by atoms with Crippen molar-refractivity contribution in [1.82, 2.24) is 10.6 Å². The van der Waals surface area contributed by atoms with Gasteiger partial charge >= 0.3 is 0 Å². The van der Waals surface area contributed by atoms with Gasteiger partial charge in [-0.1, -0.05) is 65.8 Å². The monoisotopic (exact) mass is 488 g/mol. The molecular weight excluding hydrogens is 444 g/mol. The average molecular weight is 489 g/mol. The van der Waals surface area contributed by atoms with Gasteiger partial charge in [-0.25, -0.2) is 0 Å². The van der Waals surface area contributed by atoms with Crippen molar-refractivity contribution in [1.29, 1.82) is 0 Å². The summed E-state index contributed by atoms with van der Waals surface area (Å²) in [5, 5.41) is 7.14. The Bertz CT molecular complexity index is 852. The molecule has 0 bridgehead atoms. The topological polar surface area (TPSA) is 76.1 Å². The van der Waals surface area contributed by atoms with Crippen LogP contribution < -0.4 is 22.1 Å². The van der Waals surface area contributed by atoms with E-state index >= 15 is 0 Å². The number of nitrogens with two attached hydrogens (primary N) is 2. The first-order chi connectivity index (χ1) is 15.4. The van der Waals surface area contributed by atoms with E-state index in [-0.39, 0.29) is 10.8 Å². The smallest absolute Gasteiger partial charge is 0.0216 e. The van der Waals surface area contributed by atoms with Crippen LogP contribution in [0.15, 0.2) is 34.1 Å². The van der Waals surface area contributed by atoms with E-state index in [9.17, 15) is 0 Å². The molecule has 0 saturated carbocycles. The van der Waals surface area contributed by atoms with Gasteiger partial charge in [-0.05, 0) is 63.7 Å². The van der Waals surface area contributed by atoms with Gasteiger partial charge in [0.2, 0.25) is 0 Å². The fourth-order valence-electron chi connectivity index (χ4n) is 3.75. The van der Waals surface area contributed by atoms with Crippen molar-refractivity contribution in [2.45, 2.75) is 94.8 Å². The van der Waals surface area contributed by atoms with Crippen LogP contribution in [0, 0.1) is 0 Å².